The Hall–Kier alpha value is -5.32. The second-order valence-corrected chi connectivity index (χ2v) is 11.7. The van der Waals surface area contributed by atoms with Crippen molar-refractivity contribution >= 4 is 28.4 Å². The van der Waals surface area contributed by atoms with Gasteiger partial charge in [0.2, 0.25) is 0 Å². The zero-order chi connectivity index (χ0) is 28.6. The molecule has 0 saturated heterocycles. The van der Waals surface area contributed by atoms with Gasteiger partial charge in [-0.15, -0.1) is 10.2 Å². The van der Waals surface area contributed by atoms with Crippen molar-refractivity contribution in [2.75, 3.05) is 4.90 Å². The molecule has 204 valence electrons. The van der Waals surface area contributed by atoms with E-state index in [1.807, 2.05) is 18.2 Å². The van der Waals surface area contributed by atoms with Crippen molar-refractivity contribution in [1.29, 1.82) is 0 Å². The summed E-state index contributed by atoms with van der Waals surface area (Å²) in [7, 11) is 0. The number of para-hydroxylation sites is 2. The molecule has 0 fully saturated rings. The van der Waals surface area contributed by atoms with Crippen molar-refractivity contribution in [3.05, 3.63) is 186 Å². The Bertz CT molecular complexity index is 1930. The van der Waals surface area contributed by atoms with Crippen LogP contribution in [0.2, 0.25) is 0 Å². The van der Waals surface area contributed by atoms with Crippen LogP contribution in [-0.2, 0) is 5.41 Å². The lowest BCUT2D eigenvalue weighted by molar-refractivity contribution is 0.731. The van der Waals surface area contributed by atoms with Gasteiger partial charge < -0.3 is 4.90 Å². The molecule has 0 bridgehead atoms. The summed E-state index contributed by atoms with van der Waals surface area (Å²) in [5.41, 5.74) is 10.1. The van der Waals surface area contributed by atoms with Crippen molar-refractivity contribution in [3.8, 4) is 21.1 Å². The highest BCUT2D eigenvalue weighted by Crippen LogP contribution is 2.57. The molecule has 4 heteroatoms. The van der Waals surface area contributed by atoms with Crippen molar-refractivity contribution in [1.82, 2.24) is 10.2 Å². The molecule has 3 nitrogen and oxygen atoms in total. The first-order chi connectivity index (χ1) is 21.3. The minimum atomic E-state index is -0.466. The Kier molecular flexibility index (Phi) is 6.20. The number of anilines is 3. The van der Waals surface area contributed by atoms with E-state index >= 15 is 0 Å². The predicted octanol–water partition coefficient (Wildman–Crippen LogP) is 10.0. The van der Waals surface area contributed by atoms with Gasteiger partial charge in [0.1, 0.15) is 10.0 Å². The molecule has 7 aromatic rings. The molecule has 0 unspecified atom stereocenters. The van der Waals surface area contributed by atoms with Crippen LogP contribution in [0.4, 0.5) is 17.1 Å². The molecule has 8 rings (SSSR count). The van der Waals surface area contributed by atoms with Gasteiger partial charge in [0.25, 0.3) is 0 Å². The number of benzene rings is 6. The van der Waals surface area contributed by atoms with Crippen LogP contribution in [0.3, 0.4) is 0 Å². The lowest BCUT2D eigenvalue weighted by atomic mass is 9.62. The first-order valence-corrected chi connectivity index (χ1v) is 15.3. The van der Waals surface area contributed by atoms with Gasteiger partial charge in [0.15, 0.2) is 0 Å². The molecule has 1 aliphatic heterocycles. The number of aromatic nitrogens is 2. The van der Waals surface area contributed by atoms with Crippen LogP contribution in [0.1, 0.15) is 22.3 Å². The standard InChI is InChI=1S/C39H27N3S/c1-4-14-28(15-5-1)37-40-41-38(43-37)29-24-26-32(27-25-29)42-35-22-12-10-20-33(35)39(30-16-6-2-7-17-30,31-18-8-3-9-19-31)34-21-11-13-23-36(34)42/h1-27H. The van der Waals surface area contributed by atoms with Crippen LogP contribution in [-0.4, -0.2) is 10.2 Å². The smallest absolute Gasteiger partial charge is 0.148 e. The van der Waals surface area contributed by atoms with Gasteiger partial charge in [0.05, 0.1) is 16.8 Å². The molecule has 0 saturated carbocycles. The quantitative estimate of drug-likeness (QED) is 0.206. The summed E-state index contributed by atoms with van der Waals surface area (Å²) < 4.78 is 0. The predicted molar refractivity (Wildman–Crippen MR) is 177 cm³/mol. The summed E-state index contributed by atoms with van der Waals surface area (Å²) in [6, 6.07) is 58.4. The third kappa shape index (κ3) is 4.10. The van der Waals surface area contributed by atoms with Crippen molar-refractivity contribution < 1.29 is 0 Å². The molecular weight excluding hydrogens is 543 g/mol. The molecule has 0 N–H and O–H groups in total. The lowest BCUT2D eigenvalue weighted by Crippen LogP contribution is -2.37. The van der Waals surface area contributed by atoms with E-state index in [1.54, 1.807) is 11.3 Å². The fraction of sp³-hybridized carbons (Fsp3) is 0.0256. The molecule has 1 aliphatic rings. The number of fused-ring (bicyclic) bond motifs is 2. The molecule has 1 aromatic heterocycles. The highest BCUT2D eigenvalue weighted by Gasteiger charge is 2.46. The topological polar surface area (TPSA) is 29.0 Å². The molecule has 0 atom stereocenters. The van der Waals surface area contributed by atoms with Crippen LogP contribution in [0.5, 0.6) is 0 Å². The van der Waals surface area contributed by atoms with Gasteiger partial charge in [-0.25, -0.2) is 0 Å². The maximum Gasteiger partial charge on any atom is 0.148 e. The van der Waals surface area contributed by atoms with E-state index in [9.17, 15) is 0 Å². The number of hydrogen-bond donors (Lipinski definition) is 0. The number of rotatable bonds is 5. The molecule has 0 radical (unpaired) electrons. The van der Waals surface area contributed by atoms with Crippen LogP contribution in [0.25, 0.3) is 21.1 Å². The zero-order valence-electron chi connectivity index (χ0n) is 23.3. The van der Waals surface area contributed by atoms with E-state index in [-0.39, 0.29) is 0 Å². The lowest BCUT2D eigenvalue weighted by Gasteiger charge is -2.46. The summed E-state index contributed by atoms with van der Waals surface area (Å²) in [4.78, 5) is 2.40. The Morgan fingerprint density at radius 2 is 0.837 bits per heavy atom. The van der Waals surface area contributed by atoms with Crippen molar-refractivity contribution in [3.63, 3.8) is 0 Å². The minimum absolute atomic E-state index is 0.466. The fourth-order valence-corrected chi connectivity index (χ4v) is 7.33. The first kappa shape index (κ1) is 25.4. The summed E-state index contributed by atoms with van der Waals surface area (Å²) in [5, 5.41) is 10.8. The molecule has 6 aromatic carbocycles. The van der Waals surface area contributed by atoms with E-state index in [4.69, 9.17) is 0 Å². The SMILES string of the molecule is c1ccc(-c2nnc(-c3ccc(N4c5ccccc5C(c5ccccc5)(c5ccccc5)c5ccccc54)cc3)s2)cc1. The zero-order valence-corrected chi connectivity index (χ0v) is 24.2. The van der Waals surface area contributed by atoms with Crippen LogP contribution < -0.4 is 4.90 Å². The van der Waals surface area contributed by atoms with Gasteiger partial charge in [-0.3, -0.25) is 0 Å². The summed E-state index contributed by atoms with van der Waals surface area (Å²) >= 11 is 1.62. The average Bonchev–Trinajstić information content (AvgIpc) is 3.59. The van der Waals surface area contributed by atoms with Gasteiger partial charge in [-0.1, -0.05) is 139 Å². The van der Waals surface area contributed by atoms with Crippen LogP contribution in [0, 0.1) is 0 Å². The first-order valence-electron chi connectivity index (χ1n) is 14.4. The van der Waals surface area contributed by atoms with Crippen LogP contribution >= 0.6 is 11.3 Å². The summed E-state index contributed by atoms with van der Waals surface area (Å²) in [6.45, 7) is 0. The van der Waals surface area contributed by atoms with Crippen LogP contribution in [0.15, 0.2) is 164 Å². The molecule has 0 amide bonds. The van der Waals surface area contributed by atoms with Gasteiger partial charge >= 0.3 is 0 Å². The summed E-state index contributed by atoms with van der Waals surface area (Å²) in [6.07, 6.45) is 0. The maximum absolute atomic E-state index is 4.52. The number of hydrogen-bond acceptors (Lipinski definition) is 4. The van der Waals surface area contributed by atoms with Gasteiger partial charge in [0, 0.05) is 16.8 Å². The Morgan fingerprint density at radius 3 is 1.35 bits per heavy atom. The van der Waals surface area contributed by atoms with E-state index < -0.39 is 5.41 Å². The van der Waals surface area contributed by atoms with Crippen molar-refractivity contribution in [2.45, 2.75) is 5.41 Å². The molecule has 43 heavy (non-hydrogen) atoms. The largest absolute Gasteiger partial charge is 0.310 e. The van der Waals surface area contributed by atoms with Gasteiger partial charge in [-0.05, 0) is 58.7 Å². The Balaban J connectivity index is 1.29. The minimum Gasteiger partial charge on any atom is -0.310 e. The van der Waals surface area contributed by atoms with Gasteiger partial charge in [-0.2, -0.15) is 0 Å². The second-order valence-electron chi connectivity index (χ2n) is 10.7. The average molecular weight is 570 g/mol. The highest BCUT2D eigenvalue weighted by atomic mass is 32.1. The molecule has 0 spiro atoms. The summed E-state index contributed by atoms with van der Waals surface area (Å²) in [5.74, 6) is 0. The second kappa shape index (κ2) is 10.5. The maximum atomic E-state index is 4.52. The number of nitrogens with zero attached hydrogens (tertiary/aromatic N) is 3. The van der Waals surface area contributed by atoms with Crippen molar-refractivity contribution in [2.24, 2.45) is 0 Å². The van der Waals surface area contributed by atoms with E-state index in [0.29, 0.717) is 0 Å². The normalized spacial score (nSPS) is 13.3. The van der Waals surface area contributed by atoms with E-state index in [2.05, 4.69) is 161 Å². The monoisotopic (exact) mass is 569 g/mol. The third-order valence-corrected chi connectivity index (χ3v) is 9.35. The fourth-order valence-electron chi connectivity index (χ4n) is 6.48. The molecular formula is C39H27N3S. The third-order valence-electron chi connectivity index (χ3n) is 8.33. The molecule has 0 aliphatic carbocycles. The highest BCUT2D eigenvalue weighted by molar-refractivity contribution is 7.17. The van der Waals surface area contributed by atoms with E-state index in [0.717, 1.165) is 26.8 Å². The Morgan fingerprint density at radius 1 is 0.419 bits per heavy atom. The molecule has 2 heterocycles. The van der Waals surface area contributed by atoms with E-state index in [1.165, 1.54) is 33.6 Å². The Labute approximate surface area is 255 Å².